The van der Waals surface area contributed by atoms with E-state index < -0.39 is 5.97 Å². The first-order valence-corrected chi connectivity index (χ1v) is 9.99. The van der Waals surface area contributed by atoms with Crippen LogP contribution in [-0.2, 0) is 23.1 Å². The molecule has 7 nitrogen and oxygen atoms in total. The molecule has 152 valence electrons. The van der Waals surface area contributed by atoms with E-state index in [4.69, 9.17) is 4.74 Å². The Bertz CT molecular complexity index is 1010. The number of rotatable bonds is 7. The second kappa shape index (κ2) is 9.02. The summed E-state index contributed by atoms with van der Waals surface area (Å²) in [6, 6.07) is 9.56. The third kappa shape index (κ3) is 4.72. The van der Waals surface area contributed by atoms with Gasteiger partial charge in [-0.05, 0) is 19.5 Å². The zero-order valence-electron chi connectivity index (χ0n) is 16.9. The van der Waals surface area contributed by atoms with Crippen molar-refractivity contribution in [2.24, 2.45) is 7.05 Å². The molecule has 3 aromatic rings. The molecule has 2 heterocycles. The number of esters is 1. The van der Waals surface area contributed by atoms with Gasteiger partial charge in [0, 0.05) is 35.8 Å². The van der Waals surface area contributed by atoms with E-state index in [0.29, 0.717) is 17.1 Å². The molecular formula is C21H24N4O3S. The molecule has 0 saturated heterocycles. The van der Waals surface area contributed by atoms with Crippen LogP contribution in [0.1, 0.15) is 21.6 Å². The summed E-state index contributed by atoms with van der Waals surface area (Å²) >= 11 is 1.32. The normalized spacial score (nSPS) is 10.9. The Morgan fingerprint density at radius 3 is 2.62 bits per heavy atom. The maximum absolute atomic E-state index is 12.6. The van der Waals surface area contributed by atoms with Crippen molar-refractivity contribution in [2.75, 3.05) is 26.0 Å². The monoisotopic (exact) mass is 412 g/mol. The van der Waals surface area contributed by atoms with Crippen LogP contribution in [-0.4, -0.2) is 47.3 Å². The van der Waals surface area contributed by atoms with Gasteiger partial charge < -0.3 is 10.1 Å². The first kappa shape index (κ1) is 20.8. The highest BCUT2D eigenvalue weighted by molar-refractivity contribution is 7.15. The van der Waals surface area contributed by atoms with Crippen molar-refractivity contribution < 1.29 is 14.3 Å². The molecule has 1 amide bonds. The van der Waals surface area contributed by atoms with Crippen molar-refractivity contribution in [2.45, 2.75) is 13.5 Å². The molecule has 0 spiro atoms. The lowest BCUT2D eigenvalue weighted by molar-refractivity contribution is -0.117. The summed E-state index contributed by atoms with van der Waals surface area (Å²) in [5.41, 5.74) is 4.16. The van der Waals surface area contributed by atoms with Gasteiger partial charge in [0.1, 0.15) is 10.6 Å². The molecule has 1 aromatic carbocycles. The number of methoxy groups -OCH3 is 1. The molecule has 3 rings (SSSR count). The Morgan fingerprint density at radius 2 is 2.00 bits per heavy atom. The summed E-state index contributed by atoms with van der Waals surface area (Å²) in [5, 5.41) is 9.45. The lowest BCUT2D eigenvalue weighted by Gasteiger charge is -2.16. The second-order valence-corrected chi connectivity index (χ2v) is 7.69. The topological polar surface area (TPSA) is 76.5 Å². The molecule has 2 aromatic heterocycles. The lowest BCUT2D eigenvalue weighted by Crippen LogP contribution is -2.30. The van der Waals surface area contributed by atoms with Crippen molar-refractivity contribution in [3.63, 3.8) is 0 Å². The molecule has 0 unspecified atom stereocenters. The smallest absolute Gasteiger partial charge is 0.341 e. The van der Waals surface area contributed by atoms with Crippen molar-refractivity contribution >= 4 is 28.2 Å². The van der Waals surface area contributed by atoms with Crippen molar-refractivity contribution in [1.29, 1.82) is 0 Å². The van der Waals surface area contributed by atoms with Crippen LogP contribution in [0.4, 0.5) is 5.00 Å². The van der Waals surface area contributed by atoms with E-state index in [1.807, 2.05) is 72.5 Å². The van der Waals surface area contributed by atoms with Gasteiger partial charge in [-0.25, -0.2) is 4.79 Å². The predicted octanol–water partition coefficient (Wildman–Crippen LogP) is 3.31. The van der Waals surface area contributed by atoms with Crippen LogP contribution in [0.15, 0.2) is 41.9 Å². The Morgan fingerprint density at radius 1 is 1.28 bits per heavy atom. The Hall–Kier alpha value is -2.97. The number of aryl methyl sites for hydroxylation is 1. The molecular weight excluding hydrogens is 388 g/mol. The van der Waals surface area contributed by atoms with E-state index in [1.54, 1.807) is 0 Å². The van der Waals surface area contributed by atoms with Gasteiger partial charge in [0.2, 0.25) is 5.91 Å². The highest BCUT2D eigenvalue weighted by Crippen LogP contribution is 2.36. The van der Waals surface area contributed by atoms with Gasteiger partial charge in [-0.15, -0.1) is 11.3 Å². The summed E-state index contributed by atoms with van der Waals surface area (Å²) in [4.78, 5) is 26.9. The van der Waals surface area contributed by atoms with Gasteiger partial charge in [0.25, 0.3) is 0 Å². The highest BCUT2D eigenvalue weighted by Gasteiger charge is 2.22. The molecule has 0 saturated carbocycles. The molecule has 29 heavy (non-hydrogen) atoms. The number of anilines is 1. The Balaban J connectivity index is 1.73. The van der Waals surface area contributed by atoms with Crippen LogP contribution in [0.3, 0.4) is 0 Å². The first-order valence-electron chi connectivity index (χ1n) is 9.11. The van der Waals surface area contributed by atoms with Gasteiger partial charge in [-0.1, -0.05) is 30.3 Å². The number of hydrogen-bond acceptors (Lipinski definition) is 6. The van der Waals surface area contributed by atoms with E-state index in [0.717, 1.165) is 22.4 Å². The number of carbonyl (C=O) groups is 2. The largest absolute Gasteiger partial charge is 0.465 e. The third-order valence-electron chi connectivity index (χ3n) is 4.71. The number of nitrogens with zero attached hydrogens (tertiary/aromatic N) is 3. The molecule has 0 bridgehead atoms. The predicted molar refractivity (Wildman–Crippen MR) is 114 cm³/mol. The molecule has 0 fully saturated rings. The molecule has 8 heteroatoms. The Kier molecular flexibility index (Phi) is 6.46. The minimum atomic E-state index is -0.472. The van der Waals surface area contributed by atoms with Crippen molar-refractivity contribution in [3.05, 3.63) is 58.7 Å². The number of benzene rings is 1. The SMILES string of the molecule is COC(=O)c1c(-c2ccccc2)csc1NC(=O)CN(C)Cc1cnn(C)c1C. The van der Waals surface area contributed by atoms with E-state index in [1.165, 1.54) is 18.4 Å². The molecule has 0 radical (unpaired) electrons. The number of hydrogen-bond donors (Lipinski definition) is 1. The fourth-order valence-corrected chi connectivity index (χ4v) is 4.02. The van der Waals surface area contributed by atoms with Crippen LogP contribution >= 0.6 is 11.3 Å². The molecule has 0 aliphatic heterocycles. The van der Waals surface area contributed by atoms with Gasteiger partial charge in [0.05, 0.1) is 19.9 Å². The lowest BCUT2D eigenvalue weighted by atomic mass is 10.0. The third-order valence-corrected chi connectivity index (χ3v) is 5.60. The number of ether oxygens (including phenoxy) is 1. The number of aromatic nitrogens is 2. The summed E-state index contributed by atoms with van der Waals surface area (Å²) in [5.74, 6) is -0.666. The highest BCUT2D eigenvalue weighted by atomic mass is 32.1. The number of carbonyl (C=O) groups excluding carboxylic acids is 2. The van der Waals surface area contributed by atoms with Crippen molar-refractivity contribution in [3.8, 4) is 11.1 Å². The Labute approximate surface area is 173 Å². The van der Waals surface area contributed by atoms with E-state index in [2.05, 4.69) is 10.4 Å². The van der Waals surface area contributed by atoms with E-state index >= 15 is 0 Å². The van der Waals surface area contributed by atoms with Crippen LogP contribution in [0.2, 0.25) is 0 Å². The fourth-order valence-electron chi connectivity index (χ4n) is 3.04. The van der Waals surface area contributed by atoms with Gasteiger partial charge >= 0.3 is 5.97 Å². The second-order valence-electron chi connectivity index (χ2n) is 6.81. The van der Waals surface area contributed by atoms with E-state index in [9.17, 15) is 9.59 Å². The van der Waals surface area contributed by atoms with Crippen LogP contribution in [0.25, 0.3) is 11.1 Å². The minimum absolute atomic E-state index is 0.188. The quantitative estimate of drug-likeness (QED) is 0.603. The average molecular weight is 413 g/mol. The summed E-state index contributed by atoms with van der Waals surface area (Å²) in [6.45, 7) is 2.79. The molecule has 0 atom stereocenters. The standard InChI is InChI=1S/C21H24N4O3S/c1-14-16(10-22-25(14)3)11-24(2)12-18(26)23-20-19(21(27)28-4)17(13-29-20)15-8-6-5-7-9-15/h5-10,13H,11-12H2,1-4H3,(H,23,26). The maximum Gasteiger partial charge on any atom is 0.341 e. The van der Waals surface area contributed by atoms with E-state index in [-0.39, 0.29) is 12.5 Å². The average Bonchev–Trinajstić information content (AvgIpc) is 3.26. The molecule has 0 aliphatic rings. The van der Waals surface area contributed by atoms with Crippen LogP contribution in [0.5, 0.6) is 0 Å². The first-order chi connectivity index (χ1) is 13.9. The fraction of sp³-hybridized carbons (Fsp3) is 0.286. The zero-order chi connectivity index (χ0) is 21.0. The zero-order valence-corrected chi connectivity index (χ0v) is 17.7. The van der Waals surface area contributed by atoms with Crippen molar-refractivity contribution in [1.82, 2.24) is 14.7 Å². The molecule has 0 aliphatic carbocycles. The maximum atomic E-state index is 12.6. The number of likely N-dealkylation sites (N-methyl/N-ethyl adjacent to an activating group) is 1. The van der Waals surface area contributed by atoms with Crippen LogP contribution in [0, 0.1) is 6.92 Å². The van der Waals surface area contributed by atoms with Gasteiger partial charge in [-0.3, -0.25) is 14.4 Å². The van der Waals surface area contributed by atoms with Gasteiger partial charge in [0.15, 0.2) is 0 Å². The summed E-state index contributed by atoms with van der Waals surface area (Å²) < 4.78 is 6.76. The number of nitrogens with one attached hydrogen (secondary N) is 1. The minimum Gasteiger partial charge on any atom is -0.465 e. The van der Waals surface area contributed by atoms with Gasteiger partial charge in [-0.2, -0.15) is 5.10 Å². The molecule has 1 N–H and O–H groups in total. The summed E-state index contributed by atoms with van der Waals surface area (Å²) in [7, 11) is 5.10. The number of thiophene rings is 1. The van der Waals surface area contributed by atoms with Crippen LogP contribution < -0.4 is 5.32 Å². The summed E-state index contributed by atoms with van der Waals surface area (Å²) in [6.07, 6.45) is 1.81. The number of amides is 1.